The van der Waals surface area contributed by atoms with E-state index in [2.05, 4.69) is 0 Å². The van der Waals surface area contributed by atoms with Gasteiger partial charge in [-0.2, -0.15) is 0 Å². The van der Waals surface area contributed by atoms with Gasteiger partial charge in [-0.15, -0.1) is 0 Å². The fourth-order valence-electron chi connectivity index (χ4n) is 0. The molecule has 1 radical (unpaired) electrons. The number of aliphatic hydroxyl groups is 1. The normalized spacial score (nSPS) is 3.60. The van der Waals surface area contributed by atoms with Crippen LogP contribution in [0.15, 0.2) is 0 Å². The molecule has 1 N–H and O–H groups in total. The van der Waals surface area contributed by atoms with Gasteiger partial charge in [0.15, 0.2) is 0 Å². The summed E-state index contributed by atoms with van der Waals surface area (Å²) in [5, 5.41) is 7.57. The fourth-order valence-corrected chi connectivity index (χ4v) is 0. The van der Waals surface area contributed by atoms with E-state index < -0.39 is 0 Å². The summed E-state index contributed by atoms with van der Waals surface area (Å²) >= 11 is 0. The molecular weight excluding hydrogens is 187 g/mol. The van der Waals surface area contributed by atoms with Crippen molar-refractivity contribution in [2.45, 2.75) is 6.92 Å². The Morgan fingerprint density at radius 1 is 1.80 bits per heavy atom. The largest absolute Gasteiger partial charge is 2.00 e. The van der Waals surface area contributed by atoms with Crippen molar-refractivity contribution in [2.24, 2.45) is 0 Å². The van der Waals surface area contributed by atoms with E-state index in [1.165, 1.54) is 0 Å². The summed E-state index contributed by atoms with van der Waals surface area (Å²) in [7, 11) is 0. The molecule has 3 heteroatoms. The molecule has 0 rings (SSSR count). The molecule has 0 fully saturated rings. The molecule has 0 heterocycles. The quantitative estimate of drug-likeness (QED) is 0.532. The fraction of sp³-hybridized carbons (Fsp3) is 1.00. The van der Waals surface area contributed by atoms with Crippen LogP contribution >= 0.6 is 0 Å². The maximum atomic E-state index is 7.57. The first kappa shape index (κ1) is 15.8. The molecule has 33 valence electrons. The van der Waals surface area contributed by atoms with Crippen molar-refractivity contribution < 1.29 is 24.7 Å². The van der Waals surface area contributed by atoms with Crippen LogP contribution in [0.4, 0.5) is 0 Å². The van der Waals surface area contributed by atoms with Gasteiger partial charge in [0.1, 0.15) is 0 Å². The topological polar surface area (TPSA) is 20.2 Å². The van der Waals surface area contributed by atoms with Crippen molar-refractivity contribution in [1.82, 2.24) is 0 Å². The van der Waals surface area contributed by atoms with E-state index in [0.29, 0.717) is 0 Å². The third-order valence-electron chi connectivity index (χ3n) is 0. The first-order valence-corrected chi connectivity index (χ1v) is 1.02. The molecule has 5 heavy (non-hydrogen) atoms. The van der Waals surface area contributed by atoms with Crippen LogP contribution in [0.1, 0.15) is 9.78 Å². The van der Waals surface area contributed by atoms with Crippen LogP contribution in [-0.2, 0) is 16.8 Å². The molecule has 0 aliphatic heterocycles. The number of hydrogen-bond donors (Lipinski definition) is 1. The van der Waals surface area contributed by atoms with Gasteiger partial charge in [0.25, 0.3) is 0 Å². The maximum absolute atomic E-state index is 7.57. The average Bonchev–Trinajstić information content (AvgIpc) is 0.918. The Labute approximate surface area is 82.6 Å². The minimum absolute atomic E-state index is 0. The van der Waals surface area contributed by atoms with E-state index in [4.69, 9.17) is 5.11 Å². The number of rotatable bonds is 0. The van der Waals surface area contributed by atoms with Gasteiger partial charge in [-0.1, -0.05) is 0 Å². The Hall–Kier alpha value is 1.95. The van der Waals surface area contributed by atoms with Gasteiger partial charge < -0.3 is 7.96 Å². The molecule has 0 aromatic heterocycles. The van der Waals surface area contributed by atoms with Crippen LogP contribution < -0.4 is 0 Å². The van der Waals surface area contributed by atoms with Crippen molar-refractivity contribution in [3.05, 3.63) is 0 Å². The summed E-state index contributed by atoms with van der Waals surface area (Å²) in [6.45, 7) is 1.93. The first-order chi connectivity index (χ1) is 1.41. The third kappa shape index (κ3) is 24.4. The molecule has 0 aromatic carbocycles. The third-order valence-corrected chi connectivity index (χ3v) is 0. The second kappa shape index (κ2) is 16.8. The molecule has 0 atom stereocenters. The second-order valence-corrected chi connectivity index (χ2v) is 0.316. The van der Waals surface area contributed by atoms with E-state index >= 15 is 0 Å². The molecule has 0 amide bonds. The van der Waals surface area contributed by atoms with Crippen LogP contribution in [-0.4, -0.2) is 57.2 Å². The van der Waals surface area contributed by atoms with Gasteiger partial charge >= 0.3 is 45.5 Å². The molecular formula is C2H8CoOSr. The van der Waals surface area contributed by atoms with Gasteiger partial charge in [0.2, 0.25) is 0 Å². The summed E-state index contributed by atoms with van der Waals surface area (Å²) in [6.07, 6.45) is 0. The van der Waals surface area contributed by atoms with Crippen LogP contribution in [0.3, 0.4) is 0 Å². The predicted octanol–water partition coefficient (Wildman–Crippen LogP) is -0.160. The van der Waals surface area contributed by atoms with Crippen molar-refractivity contribution in [3.8, 4) is 0 Å². The van der Waals surface area contributed by atoms with Gasteiger partial charge in [0, 0.05) is 23.4 Å². The second-order valence-electron chi connectivity index (χ2n) is 0.316. The summed E-state index contributed by atoms with van der Waals surface area (Å²) < 4.78 is 0. The average molecular weight is 195 g/mol. The van der Waals surface area contributed by atoms with E-state index in [1.807, 2.05) is 0 Å². The van der Waals surface area contributed by atoms with Crippen molar-refractivity contribution in [3.63, 3.8) is 0 Å². The molecule has 0 bridgehead atoms. The molecule has 0 saturated heterocycles. The Kier molecular flexibility index (Phi) is 52.9. The molecule has 1 nitrogen and oxygen atoms in total. The Morgan fingerprint density at radius 2 is 1.80 bits per heavy atom. The van der Waals surface area contributed by atoms with E-state index in [1.54, 1.807) is 6.92 Å². The number of aliphatic hydroxyl groups excluding tert-OH is 1. The minimum atomic E-state index is 0. The summed E-state index contributed by atoms with van der Waals surface area (Å²) in [5.74, 6) is 0. The van der Waals surface area contributed by atoms with Crippen LogP contribution in [0.2, 0.25) is 0 Å². The zero-order valence-electron chi connectivity index (χ0n) is 5.19. The molecule has 0 aromatic rings. The minimum Gasteiger partial charge on any atom is -1.00 e. The zero-order chi connectivity index (χ0) is 2.71. The smallest absolute Gasteiger partial charge is 1.00 e. The van der Waals surface area contributed by atoms with Gasteiger partial charge in [0.05, 0.1) is 0 Å². The van der Waals surface area contributed by atoms with Crippen molar-refractivity contribution in [1.29, 1.82) is 0 Å². The number of hydrogen-bond acceptors (Lipinski definition) is 1. The SMILES string of the molecule is CCO.[Co].[H-].[H-].[Sr+2]. The molecule has 0 spiro atoms. The van der Waals surface area contributed by atoms with Crippen LogP contribution in [0, 0.1) is 0 Å². The van der Waals surface area contributed by atoms with E-state index in [9.17, 15) is 0 Å². The van der Waals surface area contributed by atoms with Gasteiger partial charge in [-0.05, 0) is 6.92 Å². The van der Waals surface area contributed by atoms with Crippen LogP contribution in [0.5, 0.6) is 0 Å². The monoisotopic (exact) mass is 195 g/mol. The summed E-state index contributed by atoms with van der Waals surface area (Å²) in [5.41, 5.74) is 0. The molecule has 0 unspecified atom stereocenters. The maximum Gasteiger partial charge on any atom is 2.00 e. The van der Waals surface area contributed by atoms with E-state index in [0.717, 1.165) is 0 Å². The van der Waals surface area contributed by atoms with Gasteiger partial charge in [-0.25, -0.2) is 0 Å². The first-order valence-electron chi connectivity index (χ1n) is 1.02. The Morgan fingerprint density at radius 3 is 1.80 bits per heavy atom. The summed E-state index contributed by atoms with van der Waals surface area (Å²) in [4.78, 5) is 0. The van der Waals surface area contributed by atoms with Crippen molar-refractivity contribution in [2.75, 3.05) is 6.61 Å². The molecule has 0 saturated carbocycles. The van der Waals surface area contributed by atoms with Gasteiger partial charge in [-0.3, -0.25) is 0 Å². The summed E-state index contributed by atoms with van der Waals surface area (Å²) in [6, 6.07) is 0. The molecule has 0 aliphatic rings. The Bertz CT molecular complexity index is 15.7. The molecule has 0 aliphatic carbocycles. The zero-order valence-corrected chi connectivity index (χ0v) is 7.71. The van der Waals surface area contributed by atoms with Crippen molar-refractivity contribution >= 4 is 45.5 Å². The predicted molar refractivity (Wildman–Crippen MR) is 20.7 cm³/mol. The van der Waals surface area contributed by atoms with Crippen LogP contribution in [0.25, 0.3) is 0 Å². The Balaban J connectivity index is -0.00000000333. The van der Waals surface area contributed by atoms with E-state index in [-0.39, 0.29) is 71.7 Å². The standard InChI is InChI=1S/C2H6O.Co.Sr.2H/c1-2-3;;;;/h3H,2H2,1H3;;;;/q;;+2;2*-1.